The number of sulfonamides is 1. The van der Waals surface area contributed by atoms with Crippen molar-refractivity contribution in [2.75, 3.05) is 43.8 Å². The third-order valence-electron chi connectivity index (χ3n) is 6.89. The molecule has 5 N–H and O–H groups in total. The number of aryl methyl sites for hydroxylation is 1. The Bertz CT molecular complexity index is 1990. The number of aromatic amines is 1. The predicted octanol–water partition coefficient (Wildman–Crippen LogP) is 3.11. The number of esters is 1. The minimum Gasteiger partial charge on any atom is -0.465 e. The van der Waals surface area contributed by atoms with Gasteiger partial charge in [-0.25, -0.2) is 22.8 Å². The Kier molecular flexibility index (Phi) is 13.1. The topological polar surface area (TPSA) is 192 Å². The molecule has 0 radical (unpaired) electrons. The number of nitrogens with one attached hydrogen (secondary N) is 2. The smallest absolute Gasteiger partial charge is 0.417 e. The number of ether oxygens (including phenoxy) is 3. The summed E-state index contributed by atoms with van der Waals surface area (Å²) >= 11 is 0. The average molecular weight is 739 g/mol. The Labute approximate surface area is 280 Å². The number of hydrogen-bond acceptors (Lipinski definition) is 10. The largest absolute Gasteiger partial charge is 0.465 e. The SMILES string of the molecule is COC(=O)c1cc(C#CCOC2CCCCO2)c(C(F)(F)F)cc1N.CS(=O)(=O)Nn1c(=O)[nH]c2cc(C(F)(F)F)c(CCCO)cc2c1=O. The number of H-pyrrole nitrogens is 1. The van der Waals surface area contributed by atoms with Gasteiger partial charge < -0.3 is 30.0 Å². The van der Waals surface area contributed by atoms with Crippen LogP contribution >= 0.6 is 0 Å². The molecular formula is C30H32F6N4O9S. The van der Waals surface area contributed by atoms with Crippen LogP contribution in [0.4, 0.5) is 32.0 Å². The molecular weight excluding hydrogens is 706 g/mol. The van der Waals surface area contributed by atoms with Crippen LogP contribution in [0.3, 0.4) is 0 Å². The summed E-state index contributed by atoms with van der Waals surface area (Å²) in [4.78, 5) is 39.5. The third-order valence-corrected chi connectivity index (χ3v) is 7.41. The number of hydrogen-bond donors (Lipinski definition) is 4. The monoisotopic (exact) mass is 738 g/mol. The van der Waals surface area contributed by atoms with Gasteiger partial charge in [0.25, 0.3) is 5.56 Å². The fourth-order valence-electron chi connectivity index (χ4n) is 4.65. The first kappa shape index (κ1) is 39.9. The van der Waals surface area contributed by atoms with E-state index in [9.17, 15) is 49.1 Å². The van der Waals surface area contributed by atoms with Crippen LogP contribution < -0.4 is 21.8 Å². The molecule has 274 valence electrons. The number of carbonyl (C=O) groups is 1. The highest BCUT2D eigenvalue weighted by Crippen LogP contribution is 2.35. The molecule has 20 heteroatoms. The molecule has 1 fully saturated rings. The quantitative estimate of drug-likeness (QED) is 0.116. The molecule has 1 aliphatic rings. The first-order valence-electron chi connectivity index (χ1n) is 14.6. The lowest BCUT2D eigenvalue weighted by molar-refractivity contribution is -0.154. The number of anilines is 1. The highest BCUT2D eigenvalue weighted by molar-refractivity contribution is 7.91. The van der Waals surface area contributed by atoms with Gasteiger partial charge in [0.05, 0.1) is 41.0 Å². The summed E-state index contributed by atoms with van der Waals surface area (Å²) in [5.74, 6) is 4.08. The van der Waals surface area contributed by atoms with Crippen LogP contribution in [0.1, 0.15) is 58.3 Å². The Hall–Kier alpha value is -4.58. The Balaban J connectivity index is 0.000000270. The molecule has 0 spiro atoms. The van der Waals surface area contributed by atoms with Crippen molar-refractivity contribution in [3.05, 3.63) is 72.9 Å². The van der Waals surface area contributed by atoms with Crippen LogP contribution in [0.5, 0.6) is 0 Å². The van der Waals surface area contributed by atoms with Crippen LogP contribution in [0.2, 0.25) is 0 Å². The molecule has 0 bridgehead atoms. The average Bonchev–Trinajstić information content (AvgIpc) is 3.03. The number of aromatic nitrogens is 2. The summed E-state index contributed by atoms with van der Waals surface area (Å²) in [5.41, 5.74) is -0.342. The maximum absolute atomic E-state index is 13.2. The molecule has 0 aliphatic carbocycles. The van der Waals surface area contributed by atoms with Crippen molar-refractivity contribution in [3.8, 4) is 11.8 Å². The summed E-state index contributed by atoms with van der Waals surface area (Å²) in [6.07, 6.45) is -6.52. The number of nitrogen functional groups attached to an aromatic ring is 1. The zero-order chi connectivity index (χ0) is 37.4. The lowest BCUT2D eigenvalue weighted by Crippen LogP contribution is -2.43. The zero-order valence-corrected chi connectivity index (χ0v) is 27.3. The highest BCUT2D eigenvalue weighted by Gasteiger charge is 2.35. The number of methoxy groups -OCH3 is 1. The van der Waals surface area contributed by atoms with Gasteiger partial charge in [0.15, 0.2) is 6.29 Å². The summed E-state index contributed by atoms with van der Waals surface area (Å²) in [6, 6.07) is 3.22. The van der Waals surface area contributed by atoms with E-state index in [4.69, 9.17) is 20.3 Å². The molecule has 2 aromatic carbocycles. The number of aliphatic hydroxyl groups excluding tert-OH is 1. The van der Waals surface area contributed by atoms with E-state index in [2.05, 4.69) is 16.6 Å². The molecule has 0 amide bonds. The van der Waals surface area contributed by atoms with Crippen molar-refractivity contribution in [3.63, 3.8) is 0 Å². The van der Waals surface area contributed by atoms with Gasteiger partial charge in [0, 0.05) is 24.5 Å². The molecule has 50 heavy (non-hydrogen) atoms. The van der Waals surface area contributed by atoms with Crippen LogP contribution in [-0.2, 0) is 43.0 Å². The van der Waals surface area contributed by atoms with Crippen LogP contribution in [0.25, 0.3) is 10.9 Å². The van der Waals surface area contributed by atoms with Crippen molar-refractivity contribution in [2.45, 2.75) is 50.7 Å². The molecule has 1 aromatic heterocycles. The summed E-state index contributed by atoms with van der Waals surface area (Å²) < 4.78 is 117. The third kappa shape index (κ3) is 10.7. The first-order chi connectivity index (χ1) is 23.3. The first-order valence-corrected chi connectivity index (χ1v) is 16.4. The number of nitrogens with two attached hydrogens (primary N) is 1. The van der Waals surface area contributed by atoms with Crippen molar-refractivity contribution in [1.29, 1.82) is 0 Å². The number of fused-ring (bicyclic) bond motifs is 1. The van der Waals surface area contributed by atoms with Crippen molar-refractivity contribution in [1.82, 2.24) is 9.66 Å². The van der Waals surface area contributed by atoms with E-state index >= 15 is 0 Å². The van der Waals surface area contributed by atoms with Gasteiger partial charge in [0.1, 0.15) is 6.61 Å². The molecule has 4 rings (SSSR count). The second-order valence-electron chi connectivity index (χ2n) is 10.7. The summed E-state index contributed by atoms with van der Waals surface area (Å²) in [5, 5.41) is 8.53. The zero-order valence-electron chi connectivity index (χ0n) is 26.5. The number of aliphatic hydroxyl groups is 1. The van der Waals surface area contributed by atoms with E-state index in [0.29, 0.717) is 25.0 Å². The van der Waals surface area contributed by atoms with E-state index in [0.717, 1.165) is 38.5 Å². The summed E-state index contributed by atoms with van der Waals surface area (Å²) in [7, 11) is -2.85. The number of rotatable bonds is 8. The molecule has 13 nitrogen and oxygen atoms in total. The van der Waals surface area contributed by atoms with Gasteiger partial charge in [0.2, 0.25) is 10.0 Å². The number of halogens is 6. The van der Waals surface area contributed by atoms with Crippen molar-refractivity contribution < 1.29 is 58.9 Å². The highest BCUT2D eigenvalue weighted by atomic mass is 32.2. The molecule has 0 saturated carbocycles. The molecule has 3 aromatic rings. The molecule has 1 unspecified atom stereocenters. The van der Waals surface area contributed by atoms with Crippen LogP contribution in [0, 0.1) is 11.8 Å². The minimum absolute atomic E-state index is 0.0354. The van der Waals surface area contributed by atoms with Gasteiger partial charge in [-0.3, -0.25) is 4.79 Å². The van der Waals surface area contributed by atoms with Crippen LogP contribution in [-0.4, -0.2) is 68.6 Å². The standard InChI is InChI=1S/C17H18F3NO4.C13H14F3N3O5S/c1-23-16(22)12-9-11(13(10-14(12)21)17(18,19)20)5-4-8-25-15-6-2-3-7-24-15;1-25(23,24)18-19-11(21)8-5-7(3-2-4-20)9(13(14,15)16)6-10(8)17-12(19)22/h9-10,15H,2-3,6-8,21H2,1H3;5-6,18,20H,2-4H2,1H3,(H,17,22). The van der Waals surface area contributed by atoms with Crippen molar-refractivity contribution in [2.24, 2.45) is 0 Å². The van der Waals surface area contributed by atoms with E-state index in [-0.39, 0.29) is 70.3 Å². The number of nitrogens with zero attached hydrogens (tertiary/aromatic N) is 1. The molecule has 1 aliphatic heterocycles. The number of carbonyl (C=O) groups excluding carboxylic acids is 1. The van der Waals surface area contributed by atoms with E-state index in [1.54, 1.807) is 4.83 Å². The van der Waals surface area contributed by atoms with Gasteiger partial charge in [-0.05, 0) is 61.9 Å². The number of alkyl halides is 6. The maximum atomic E-state index is 13.2. The lowest BCUT2D eigenvalue weighted by Gasteiger charge is -2.21. The van der Waals surface area contributed by atoms with E-state index < -0.39 is 50.7 Å². The number of benzene rings is 2. The van der Waals surface area contributed by atoms with Gasteiger partial charge in [-0.2, -0.15) is 31.0 Å². The molecule has 1 atom stereocenters. The van der Waals surface area contributed by atoms with E-state index in [1.165, 1.54) is 0 Å². The summed E-state index contributed by atoms with van der Waals surface area (Å²) in [6.45, 7) is 0.164. The van der Waals surface area contributed by atoms with Gasteiger partial charge in [-0.1, -0.05) is 11.8 Å². The van der Waals surface area contributed by atoms with Gasteiger partial charge in [-0.15, -0.1) is 0 Å². The second-order valence-corrected chi connectivity index (χ2v) is 12.4. The van der Waals surface area contributed by atoms with Crippen LogP contribution in [0.15, 0.2) is 33.9 Å². The van der Waals surface area contributed by atoms with E-state index in [1.807, 2.05) is 4.98 Å². The van der Waals surface area contributed by atoms with Gasteiger partial charge >= 0.3 is 24.0 Å². The lowest BCUT2D eigenvalue weighted by atomic mass is 10.00. The molecule has 1 saturated heterocycles. The Morgan fingerprint density at radius 2 is 1.80 bits per heavy atom. The Morgan fingerprint density at radius 1 is 1.12 bits per heavy atom. The minimum atomic E-state index is -4.73. The Morgan fingerprint density at radius 3 is 2.36 bits per heavy atom. The fraction of sp³-hybridized carbons (Fsp3) is 0.433. The maximum Gasteiger partial charge on any atom is 0.417 e. The molecule has 2 heterocycles. The van der Waals surface area contributed by atoms with Crippen molar-refractivity contribution >= 4 is 32.6 Å². The fourth-order valence-corrected chi connectivity index (χ4v) is 5.14. The second kappa shape index (κ2) is 16.4. The predicted molar refractivity (Wildman–Crippen MR) is 167 cm³/mol. The normalized spacial score (nSPS) is 15.0.